The summed E-state index contributed by atoms with van der Waals surface area (Å²) in [6, 6.07) is 2.25. The number of hydrogen-bond acceptors (Lipinski definition) is 0. The van der Waals surface area contributed by atoms with Gasteiger partial charge < -0.3 is 0 Å². The van der Waals surface area contributed by atoms with Crippen molar-refractivity contribution in [2.75, 3.05) is 0 Å². The Hall–Kier alpha value is -1.22. The molecule has 0 amide bonds. The van der Waals surface area contributed by atoms with Gasteiger partial charge in [0.25, 0.3) is 0 Å². The standard InChI is InChI=1S/C18H25/c1-7-9-10-11-17(8-2)18-14(4)12-13(3)15(5)16(18)6/h12,17H,7,9-11H2,1,3-6H3. The molecule has 1 rings (SSSR count). The van der Waals surface area contributed by atoms with Crippen molar-refractivity contribution < 1.29 is 0 Å². The van der Waals surface area contributed by atoms with Gasteiger partial charge in [0.15, 0.2) is 0 Å². The van der Waals surface area contributed by atoms with Crippen LogP contribution in [0.3, 0.4) is 0 Å². The molecule has 0 spiro atoms. The fraction of sp³-hybridized carbons (Fsp3) is 0.556. The molecule has 1 radical (unpaired) electrons. The molecule has 97 valence electrons. The van der Waals surface area contributed by atoms with Gasteiger partial charge in [-0.05, 0) is 68.4 Å². The third-order valence-electron chi connectivity index (χ3n) is 4.03. The van der Waals surface area contributed by atoms with Gasteiger partial charge in [-0.1, -0.05) is 38.2 Å². The van der Waals surface area contributed by atoms with E-state index in [4.69, 9.17) is 6.42 Å². The Kier molecular flexibility index (Phi) is 5.48. The second-order valence-corrected chi connectivity index (χ2v) is 5.37. The number of benzene rings is 1. The minimum Gasteiger partial charge on any atom is -0.0809 e. The van der Waals surface area contributed by atoms with E-state index in [-0.39, 0.29) is 5.92 Å². The lowest BCUT2D eigenvalue weighted by Crippen LogP contribution is -2.05. The van der Waals surface area contributed by atoms with Gasteiger partial charge in [-0.15, -0.1) is 0 Å². The number of rotatable bonds is 5. The Morgan fingerprint density at radius 1 is 1.06 bits per heavy atom. The van der Waals surface area contributed by atoms with Crippen LogP contribution < -0.4 is 0 Å². The van der Waals surface area contributed by atoms with Gasteiger partial charge in [-0.25, -0.2) is 0 Å². The summed E-state index contributed by atoms with van der Waals surface area (Å²) >= 11 is 0. The fourth-order valence-corrected chi connectivity index (χ4v) is 2.73. The lowest BCUT2D eigenvalue weighted by atomic mass is 9.84. The summed E-state index contributed by atoms with van der Waals surface area (Å²) in [5.74, 6) is 2.93. The molecule has 0 bridgehead atoms. The van der Waals surface area contributed by atoms with E-state index in [9.17, 15) is 0 Å². The lowest BCUT2D eigenvalue weighted by molar-refractivity contribution is 0.633. The molecule has 0 aromatic heterocycles. The van der Waals surface area contributed by atoms with Gasteiger partial charge in [0.05, 0.1) is 0 Å². The van der Waals surface area contributed by atoms with Gasteiger partial charge in [0.1, 0.15) is 0 Å². The third kappa shape index (κ3) is 3.16. The van der Waals surface area contributed by atoms with E-state index in [2.05, 4.69) is 46.6 Å². The van der Waals surface area contributed by atoms with Crippen molar-refractivity contribution in [1.82, 2.24) is 0 Å². The van der Waals surface area contributed by atoms with Crippen molar-refractivity contribution in [3.8, 4) is 5.92 Å². The van der Waals surface area contributed by atoms with E-state index in [0.717, 1.165) is 6.42 Å². The lowest BCUT2D eigenvalue weighted by Gasteiger charge is -2.20. The van der Waals surface area contributed by atoms with Crippen LogP contribution in [0.2, 0.25) is 0 Å². The average molecular weight is 241 g/mol. The summed E-state index contributed by atoms with van der Waals surface area (Å²) in [5, 5.41) is 0. The summed E-state index contributed by atoms with van der Waals surface area (Å²) in [6.07, 6.45) is 12.3. The molecule has 0 aliphatic heterocycles. The molecule has 0 N–H and O–H groups in total. The SMILES string of the molecule is [C]#CC(CCCCC)c1c(C)cc(C)c(C)c1C. The van der Waals surface area contributed by atoms with Crippen LogP contribution in [-0.2, 0) is 0 Å². The molecule has 0 saturated carbocycles. The minimum absolute atomic E-state index is 0.177. The van der Waals surface area contributed by atoms with E-state index < -0.39 is 0 Å². The first kappa shape index (κ1) is 14.8. The van der Waals surface area contributed by atoms with Crippen molar-refractivity contribution in [3.05, 3.63) is 40.3 Å². The highest BCUT2D eigenvalue weighted by Gasteiger charge is 2.16. The Labute approximate surface area is 113 Å². The Morgan fingerprint density at radius 3 is 2.28 bits per heavy atom. The van der Waals surface area contributed by atoms with Crippen LogP contribution >= 0.6 is 0 Å². The molecular formula is C18H25. The maximum atomic E-state index is 7.60. The van der Waals surface area contributed by atoms with Gasteiger partial charge in [0.2, 0.25) is 0 Å². The highest BCUT2D eigenvalue weighted by molar-refractivity contribution is 5.47. The van der Waals surface area contributed by atoms with Crippen LogP contribution in [0.5, 0.6) is 0 Å². The smallest absolute Gasteiger partial charge is 0.0467 e. The Bertz CT molecular complexity index is 446. The summed E-state index contributed by atoms with van der Waals surface area (Å²) < 4.78 is 0. The van der Waals surface area contributed by atoms with E-state index in [0.29, 0.717) is 0 Å². The van der Waals surface area contributed by atoms with Crippen molar-refractivity contribution in [2.45, 2.75) is 66.2 Å². The number of unbranched alkanes of at least 4 members (excludes halogenated alkanes) is 2. The van der Waals surface area contributed by atoms with Crippen LogP contribution in [0.4, 0.5) is 0 Å². The zero-order valence-corrected chi connectivity index (χ0v) is 12.5. The summed E-state index contributed by atoms with van der Waals surface area (Å²) in [4.78, 5) is 0. The molecule has 1 aromatic carbocycles. The largest absolute Gasteiger partial charge is 0.0809 e. The molecule has 1 atom stereocenters. The second kappa shape index (κ2) is 6.64. The molecule has 0 fully saturated rings. The molecule has 0 aliphatic rings. The second-order valence-electron chi connectivity index (χ2n) is 5.37. The average Bonchev–Trinajstić information content (AvgIpc) is 2.34. The first-order valence-electron chi connectivity index (χ1n) is 7.02. The number of aryl methyl sites for hydroxylation is 2. The minimum atomic E-state index is 0.177. The highest BCUT2D eigenvalue weighted by atomic mass is 14.2. The molecular weight excluding hydrogens is 216 g/mol. The van der Waals surface area contributed by atoms with E-state index >= 15 is 0 Å². The molecule has 1 unspecified atom stereocenters. The maximum absolute atomic E-state index is 7.60. The third-order valence-corrected chi connectivity index (χ3v) is 4.03. The van der Waals surface area contributed by atoms with Crippen LogP contribution in [0, 0.1) is 40.0 Å². The Morgan fingerprint density at radius 2 is 1.72 bits per heavy atom. The Balaban J connectivity index is 3.07. The predicted molar refractivity (Wildman–Crippen MR) is 79.4 cm³/mol. The molecule has 0 heterocycles. The van der Waals surface area contributed by atoms with Crippen molar-refractivity contribution in [2.24, 2.45) is 0 Å². The zero-order chi connectivity index (χ0) is 13.7. The number of hydrogen-bond donors (Lipinski definition) is 0. The van der Waals surface area contributed by atoms with Crippen molar-refractivity contribution >= 4 is 0 Å². The first-order valence-corrected chi connectivity index (χ1v) is 7.02. The van der Waals surface area contributed by atoms with Gasteiger partial charge in [-0.3, -0.25) is 0 Å². The zero-order valence-electron chi connectivity index (χ0n) is 12.5. The van der Waals surface area contributed by atoms with Crippen LogP contribution in [0.1, 0.15) is 66.3 Å². The summed E-state index contributed by atoms with van der Waals surface area (Å²) in [6.45, 7) is 10.9. The fourth-order valence-electron chi connectivity index (χ4n) is 2.73. The summed E-state index contributed by atoms with van der Waals surface area (Å²) in [7, 11) is 0. The quantitative estimate of drug-likeness (QED) is 0.492. The van der Waals surface area contributed by atoms with E-state index in [1.165, 1.54) is 47.1 Å². The van der Waals surface area contributed by atoms with E-state index in [1.54, 1.807) is 0 Å². The van der Waals surface area contributed by atoms with Gasteiger partial charge >= 0.3 is 0 Å². The molecule has 0 saturated heterocycles. The maximum Gasteiger partial charge on any atom is 0.0467 e. The topological polar surface area (TPSA) is 0 Å². The molecule has 1 aromatic rings. The van der Waals surface area contributed by atoms with Crippen LogP contribution in [0.15, 0.2) is 6.07 Å². The molecule has 0 aliphatic carbocycles. The van der Waals surface area contributed by atoms with Gasteiger partial charge in [0, 0.05) is 5.92 Å². The monoisotopic (exact) mass is 241 g/mol. The highest BCUT2D eigenvalue weighted by Crippen LogP contribution is 2.31. The van der Waals surface area contributed by atoms with Gasteiger partial charge in [-0.2, -0.15) is 0 Å². The molecule has 0 nitrogen and oxygen atoms in total. The molecule has 18 heavy (non-hydrogen) atoms. The van der Waals surface area contributed by atoms with Crippen molar-refractivity contribution in [3.63, 3.8) is 0 Å². The van der Waals surface area contributed by atoms with Crippen LogP contribution in [0.25, 0.3) is 0 Å². The van der Waals surface area contributed by atoms with Crippen molar-refractivity contribution in [1.29, 1.82) is 0 Å². The first-order chi connectivity index (χ1) is 8.52. The predicted octanol–water partition coefficient (Wildman–Crippen LogP) is 5.17. The normalized spacial score (nSPS) is 12.2. The van der Waals surface area contributed by atoms with E-state index in [1.807, 2.05) is 0 Å². The van der Waals surface area contributed by atoms with Crippen LogP contribution in [-0.4, -0.2) is 0 Å². The molecule has 0 heteroatoms. The summed E-state index contributed by atoms with van der Waals surface area (Å²) in [5.41, 5.74) is 6.73.